The lowest BCUT2D eigenvalue weighted by atomic mass is 10.2. The van der Waals surface area contributed by atoms with Crippen molar-refractivity contribution in [2.24, 2.45) is 0 Å². The van der Waals surface area contributed by atoms with Crippen LogP contribution in [0.25, 0.3) is 0 Å². The predicted octanol–water partition coefficient (Wildman–Crippen LogP) is 3.01. The molecule has 0 saturated heterocycles. The van der Waals surface area contributed by atoms with E-state index < -0.39 is 4.92 Å². The molecular weight excluding hydrogens is 308 g/mol. The smallest absolute Gasteiger partial charge is 0.306 e. The second-order valence-electron chi connectivity index (χ2n) is 4.65. The Balaban J connectivity index is 0.00000176. The molecule has 1 aliphatic heterocycles. The number of anilines is 2. The van der Waals surface area contributed by atoms with Crippen molar-refractivity contribution in [3.8, 4) is 0 Å². The van der Waals surface area contributed by atoms with Crippen LogP contribution in [-0.2, 0) is 6.42 Å². The fraction of sp³-hybridized carbons (Fsp3) is 0.143. The van der Waals surface area contributed by atoms with Gasteiger partial charge < -0.3 is 5.32 Å². The Kier molecular flexibility index (Phi) is 4.57. The third kappa shape index (κ3) is 2.99. The number of aromatic nitrogens is 1. The molecule has 114 valence electrons. The molecule has 1 aromatic heterocycles. The fourth-order valence-electron chi connectivity index (χ4n) is 2.34. The van der Waals surface area contributed by atoms with Crippen LogP contribution in [0.2, 0.25) is 0 Å². The average molecular weight is 321 g/mol. The summed E-state index contributed by atoms with van der Waals surface area (Å²) in [5.41, 5.74) is 2.13. The van der Waals surface area contributed by atoms with Crippen molar-refractivity contribution in [2.75, 3.05) is 16.8 Å². The van der Waals surface area contributed by atoms with Gasteiger partial charge in [0.25, 0.3) is 5.69 Å². The van der Waals surface area contributed by atoms with E-state index in [0.717, 1.165) is 23.9 Å². The minimum Gasteiger partial charge on any atom is -0.306 e. The Hall–Kier alpha value is -2.67. The molecule has 0 bridgehead atoms. The first-order valence-corrected chi connectivity index (χ1v) is 6.41. The number of benzene rings is 1. The number of nitrogens with one attached hydrogen (secondary N) is 1. The van der Waals surface area contributed by atoms with Crippen LogP contribution in [0.5, 0.6) is 0 Å². The molecule has 0 spiro atoms. The number of fused-ring (bicyclic) bond motifs is 1. The first kappa shape index (κ1) is 15.7. The highest BCUT2D eigenvalue weighted by atomic mass is 35.5. The Morgan fingerprint density at radius 2 is 2.09 bits per heavy atom. The monoisotopic (exact) mass is 320 g/mol. The number of amides is 2. The van der Waals surface area contributed by atoms with Crippen molar-refractivity contribution in [3.05, 3.63) is 58.4 Å². The molecule has 0 aliphatic carbocycles. The molecular formula is C14H13ClN4O3. The normalized spacial score (nSPS) is 12.3. The number of pyridine rings is 1. The van der Waals surface area contributed by atoms with Gasteiger partial charge in [0.1, 0.15) is 6.20 Å². The summed E-state index contributed by atoms with van der Waals surface area (Å²) in [6.45, 7) is 0.591. The van der Waals surface area contributed by atoms with Gasteiger partial charge in [-0.15, -0.1) is 12.4 Å². The first-order chi connectivity index (χ1) is 10.1. The summed E-state index contributed by atoms with van der Waals surface area (Å²) in [5.74, 6) is 0. The molecule has 0 radical (unpaired) electrons. The molecule has 7 nitrogen and oxygen atoms in total. The zero-order valence-corrected chi connectivity index (χ0v) is 12.2. The highest BCUT2D eigenvalue weighted by molar-refractivity contribution is 6.03. The van der Waals surface area contributed by atoms with E-state index in [0.29, 0.717) is 12.2 Å². The molecule has 0 atom stereocenters. The number of nitro groups is 1. The molecule has 1 N–H and O–H groups in total. The molecule has 0 fully saturated rings. The number of carbonyl (C=O) groups is 1. The summed E-state index contributed by atoms with van der Waals surface area (Å²) in [4.78, 5) is 27.8. The Morgan fingerprint density at radius 1 is 1.32 bits per heavy atom. The van der Waals surface area contributed by atoms with Crippen LogP contribution < -0.4 is 10.2 Å². The van der Waals surface area contributed by atoms with Gasteiger partial charge in [-0.1, -0.05) is 18.2 Å². The van der Waals surface area contributed by atoms with Gasteiger partial charge in [-0.2, -0.15) is 0 Å². The van der Waals surface area contributed by atoms with Gasteiger partial charge in [-0.3, -0.25) is 20.0 Å². The van der Waals surface area contributed by atoms with E-state index in [1.807, 2.05) is 24.3 Å². The van der Waals surface area contributed by atoms with Crippen LogP contribution in [0.1, 0.15) is 5.56 Å². The largest absolute Gasteiger partial charge is 0.326 e. The van der Waals surface area contributed by atoms with Crippen molar-refractivity contribution >= 4 is 35.5 Å². The number of para-hydroxylation sites is 1. The highest BCUT2D eigenvalue weighted by Gasteiger charge is 2.24. The number of carbonyl (C=O) groups excluding carboxylic acids is 1. The van der Waals surface area contributed by atoms with Gasteiger partial charge in [-0.25, -0.2) is 4.79 Å². The second-order valence-corrected chi connectivity index (χ2v) is 4.65. The Labute approximate surface area is 132 Å². The van der Waals surface area contributed by atoms with Crippen LogP contribution in [0.15, 0.2) is 42.7 Å². The zero-order chi connectivity index (χ0) is 14.8. The van der Waals surface area contributed by atoms with Crippen LogP contribution in [0.4, 0.5) is 21.9 Å². The summed E-state index contributed by atoms with van der Waals surface area (Å²) >= 11 is 0. The minimum atomic E-state index is -0.548. The summed E-state index contributed by atoms with van der Waals surface area (Å²) < 4.78 is 0. The number of rotatable bonds is 2. The molecule has 1 aliphatic rings. The summed E-state index contributed by atoms with van der Waals surface area (Å²) in [6.07, 6.45) is 3.32. The maximum absolute atomic E-state index is 12.3. The maximum atomic E-state index is 12.3. The molecule has 2 amide bonds. The molecule has 3 rings (SSSR count). The molecule has 2 heterocycles. The number of urea groups is 1. The van der Waals surface area contributed by atoms with E-state index >= 15 is 0 Å². The van der Waals surface area contributed by atoms with Gasteiger partial charge in [0.2, 0.25) is 0 Å². The van der Waals surface area contributed by atoms with Crippen molar-refractivity contribution in [3.63, 3.8) is 0 Å². The number of hydrogen-bond donors (Lipinski definition) is 1. The number of nitrogens with zero attached hydrogens (tertiary/aromatic N) is 3. The van der Waals surface area contributed by atoms with Crippen LogP contribution in [0.3, 0.4) is 0 Å². The first-order valence-electron chi connectivity index (χ1n) is 6.41. The molecule has 0 unspecified atom stereocenters. The van der Waals surface area contributed by atoms with Gasteiger partial charge >= 0.3 is 6.03 Å². The van der Waals surface area contributed by atoms with Crippen molar-refractivity contribution in [2.45, 2.75) is 6.42 Å². The van der Waals surface area contributed by atoms with E-state index in [-0.39, 0.29) is 24.1 Å². The summed E-state index contributed by atoms with van der Waals surface area (Å²) in [7, 11) is 0. The lowest BCUT2D eigenvalue weighted by molar-refractivity contribution is -0.385. The Morgan fingerprint density at radius 3 is 2.86 bits per heavy atom. The van der Waals surface area contributed by atoms with E-state index in [1.54, 1.807) is 4.90 Å². The maximum Gasteiger partial charge on any atom is 0.326 e. The lowest BCUT2D eigenvalue weighted by Crippen LogP contribution is -2.33. The zero-order valence-electron chi connectivity index (χ0n) is 11.4. The molecule has 8 heteroatoms. The minimum absolute atomic E-state index is 0. The van der Waals surface area contributed by atoms with E-state index in [9.17, 15) is 14.9 Å². The van der Waals surface area contributed by atoms with Gasteiger partial charge in [0.05, 0.1) is 16.8 Å². The third-order valence-corrected chi connectivity index (χ3v) is 3.32. The van der Waals surface area contributed by atoms with Crippen LogP contribution >= 0.6 is 12.4 Å². The van der Waals surface area contributed by atoms with Crippen molar-refractivity contribution in [1.29, 1.82) is 0 Å². The third-order valence-electron chi connectivity index (χ3n) is 3.32. The summed E-state index contributed by atoms with van der Waals surface area (Å²) in [5, 5.41) is 13.3. The average Bonchev–Trinajstić information content (AvgIpc) is 2.91. The van der Waals surface area contributed by atoms with Crippen LogP contribution in [-0.4, -0.2) is 22.5 Å². The van der Waals surface area contributed by atoms with E-state index in [4.69, 9.17) is 0 Å². The predicted molar refractivity (Wildman–Crippen MR) is 84.7 cm³/mol. The second kappa shape index (κ2) is 6.40. The van der Waals surface area contributed by atoms with Gasteiger partial charge in [0, 0.05) is 18.3 Å². The van der Waals surface area contributed by atoms with Gasteiger partial charge in [0.15, 0.2) is 0 Å². The van der Waals surface area contributed by atoms with Gasteiger partial charge in [-0.05, 0) is 18.1 Å². The van der Waals surface area contributed by atoms with E-state index in [2.05, 4.69) is 10.3 Å². The topological polar surface area (TPSA) is 88.4 Å². The quantitative estimate of drug-likeness (QED) is 0.680. The van der Waals surface area contributed by atoms with Crippen LogP contribution in [0, 0.1) is 10.1 Å². The summed E-state index contributed by atoms with van der Waals surface area (Å²) in [6, 6.07) is 8.64. The highest BCUT2D eigenvalue weighted by Crippen LogP contribution is 2.28. The number of halogens is 1. The lowest BCUT2D eigenvalue weighted by Gasteiger charge is -2.17. The fourth-order valence-corrected chi connectivity index (χ4v) is 2.34. The standard InChI is InChI=1S/C14H12N4O3.ClH/c19-14(16-11-7-12(18(20)21)9-15-8-11)17-6-5-10-3-1-2-4-13(10)17;/h1-4,7-9H,5-6H2,(H,16,19);1H. The van der Waals surface area contributed by atoms with Crippen molar-refractivity contribution < 1.29 is 9.72 Å². The SMILES string of the molecule is Cl.O=C(Nc1cncc([N+](=O)[O-])c1)N1CCc2ccccc21. The van der Waals surface area contributed by atoms with Crippen molar-refractivity contribution in [1.82, 2.24) is 4.98 Å². The molecule has 2 aromatic rings. The molecule has 0 saturated carbocycles. The number of hydrogen-bond acceptors (Lipinski definition) is 4. The molecule has 22 heavy (non-hydrogen) atoms. The molecule has 1 aromatic carbocycles. The Bertz CT molecular complexity index is 723. The van der Waals surface area contributed by atoms with E-state index in [1.165, 1.54) is 12.3 Å².